The van der Waals surface area contributed by atoms with Gasteiger partial charge < -0.3 is 11.1 Å². The number of carbonyl (C=O) groups excluding carboxylic acids is 1. The lowest BCUT2D eigenvalue weighted by atomic mass is 9.84. The van der Waals surface area contributed by atoms with Gasteiger partial charge in [0.05, 0.1) is 5.69 Å². The van der Waals surface area contributed by atoms with E-state index in [0.29, 0.717) is 23.6 Å². The van der Waals surface area contributed by atoms with Crippen LogP contribution in [-0.4, -0.2) is 22.6 Å². The largest absolute Gasteiger partial charge is 0.367 e. The van der Waals surface area contributed by atoms with Gasteiger partial charge in [0, 0.05) is 23.1 Å². The lowest BCUT2D eigenvalue weighted by molar-refractivity contribution is 0.100. The summed E-state index contributed by atoms with van der Waals surface area (Å²) in [5.41, 5.74) is 8.99. The molecule has 1 amide bonds. The summed E-state index contributed by atoms with van der Waals surface area (Å²) in [5, 5.41) is 11.9. The molecule has 0 unspecified atom stereocenters. The summed E-state index contributed by atoms with van der Waals surface area (Å²) in [6.45, 7) is 6.73. The van der Waals surface area contributed by atoms with Crippen LogP contribution in [0.4, 0.5) is 10.2 Å². The number of hydrogen-bond donors (Lipinski definition) is 2. The summed E-state index contributed by atoms with van der Waals surface area (Å²) in [6, 6.07) is 15.4. The number of halogens is 1. The van der Waals surface area contributed by atoms with Crippen LogP contribution in [0, 0.1) is 12.7 Å². The van der Waals surface area contributed by atoms with Crippen LogP contribution in [0.3, 0.4) is 0 Å². The number of primary amides is 1. The molecular formula is C22H23FN4O. The number of amides is 1. The number of nitrogens with zero attached hydrogens (tertiary/aromatic N) is 2. The van der Waals surface area contributed by atoms with E-state index in [1.54, 1.807) is 30.3 Å². The molecule has 3 aromatic rings. The van der Waals surface area contributed by atoms with E-state index in [4.69, 9.17) is 5.73 Å². The molecule has 3 N–H and O–H groups in total. The molecule has 0 radical (unpaired) electrons. The number of rotatable bonds is 6. The van der Waals surface area contributed by atoms with E-state index < -0.39 is 5.91 Å². The molecule has 0 spiro atoms. The van der Waals surface area contributed by atoms with E-state index in [0.717, 1.165) is 16.7 Å². The number of nitrogens with one attached hydrogen (secondary N) is 1. The van der Waals surface area contributed by atoms with E-state index in [9.17, 15) is 9.18 Å². The lowest BCUT2D eigenvalue weighted by Gasteiger charge is -2.26. The summed E-state index contributed by atoms with van der Waals surface area (Å²) in [5.74, 6) is -0.0388. The van der Waals surface area contributed by atoms with Crippen molar-refractivity contribution in [1.29, 1.82) is 0 Å². The monoisotopic (exact) mass is 378 g/mol. The van der Waals surface area contributed by atoms with Gasteiger partial charge in [-0.15, -0.1) is 10.2 Å². The highest BCUT2D eigenvalue weighted by molar-refractivity contribution is 5.94. The van der Waals surface area contributed by atoms with Crippen LogP contribution in [0.2, 0.25) is 0 Å². The number of aromatic nitrogens is 2. The fourth-order valence-corrected chi connectivity index (χ4v) is 2.94. The second kappa shape index (κ2) is 7.76. The Labute approximate surface area is 163 Å². The molecule has 0 aliphatic carbocycles. The van der Waals surface area contributed by atoms with Crippen molar-refractivity contribution in [2.24, 2.45) is 5.73 Å². The van der Waals surface area contributed by atoms with Gasteiger partial charge in [0.2, 0.25) is 5.91 Å². The van der Waals surface area contributed by atoms with Gasteiger partial charge in [-0.1, -0.05) is 38.1 Å². The van der Waals surface area contributed by atoms with E-state index in [1.165, 1.54) is 12.1 Å². The average molecular weight is 378 g/mol. The van der Waals surface area contributed by atoms with Crippen molar-refractivity contribution in [1.82, 2.24) is 10.2 Å². The molecule has 0 bridgehead atoms. The Morgan fingerprint density at radius 1 is 1.11 bits per heavy atom. The van der Waals surface area contributed by atoms with Gasteiger partial charge >= 0.3 is 0 Å². The van der Waals surface area contributed by atoms with Crippen molar-refractivity contribution in [3.8, 4) is 11.3 Å². The first kappa shape index (κ1) is 19.5. The minimum absolute atomic E-state index is 0.212. The molecule has 0 fully saturated rings. The average Bonchev–Trinajstić information content (AvgIpc) is 2.67. The fourth-order valence-electron chi connectivity index (χ4n) is 2.94. The Morgan fingerprint density at radius 2 is 1.82 bits per heavy atom. The number of benzene rings is 2. The number of aryl methyl sites for hydroxylation is 1. The molecular weight excluding hydrogens is 355 g/mol. The molecule has 1 heterocycles. The second-order valence-corrected chi connectivity index (χ2v) is 7.45. The maximum Gasteiger partial charge on any atom is 0.248 e. The van der Waals surface area contributed by atoms with Crippen molar-refractivity contribution < 1.29 is 9.18 Å². The minimum Gasteiger partial charge on any atom is -0.367 e. The maximum absolute atomic E-state index is 13.2. The highest BCUT2D eigenvalue weighted by atomic mass is 19.1. The predicted molar refractivity (Wildman–Crippen MR) is 109 cm³/mol. The van der Waals surface area contributed by atoms with Gasteiger partial charge in [0.1, 0.15) is 5.82 Å². The fraction of sp³-hybridized carbons (Fsp3) is 0.227. The third kappa shape index (κ3) is 4.34. The molecule has 0 aliphatic heterocycles. The SMILES string of the molecule is Cc1cc(-c2cccc(C(N)=O)c2)nnc1NCC(C)(C)c1ccc(F)cc1. The zero-order valence-electron chi connectivity index (χ0n) is 16.2. The van der Waals surface area contributed by atoms with Crippen LogP contribution >= 0.6 is 0 Å². The Kier molecular flexibility index (Phi) is 5.40. The molecule has 0 saturated heterocycles. The van der Waals surface area contributed by atoms with E-state index >= 15 is 0 Å². The molecule has 0 atom stereocenters. The zero-order valence-corrected chi connectivity index (χ0v) is 16.2. The number of hydrogen-bond acceptors (Lipinski definition) is 4. The minimum atomic E-state index is -0.479. The molecule has 5 nitrogen and oxygen atoms in total. The maximum atomic E-state index is 13.2. The lowest BCUT2D eigenvalue weighted by Crippen LogP contribution is -2.28. The Morgan fingerprint density at radius 3 is 2.46 bits per heavy atom. The molecule has 0 aliphatic rings. The summed E-state index contributed by atoms with van der Waals surface area (Å²) in [4.78, 5) is 11.4. The van der Waals surface area contributed by atoms with Crippen LogP contribution in [-0.2, 0) is 5.41 Å². The summed E-state index contributed by atoms with van der Waals surface area (Å²) < 4.78 is 13.2. The van der Waals surface area contributed by atoms with Gasteiger partial charge in [0.15, 0.2) is 5.82 Å². The molecule has 1 aromatic heterocycles. The van der Waals surface area contributed by atoms with Crippen molar-refractivity contribution in [2.45, 2.75) is 26.2 Å². The van der Waals surface area contributed by atoms with E-state index in [2.05, 4.69) is 29.4 Å². The van der Waals surface area contributed by atoms with Crippen molar-refractivity contribution in [3.05, 3.63) is 77.1 Å². The highest BCUT2D eigenvalue weighted by Crippen LogP contribution is 2.25. The van der Waals surface area contributed by atoms with E-state index in [1.807, 2.05) is 19.1 Å². The zero-order chi connectivity index (χ0) is 20.3. The van der Waals surface area contributed by atoms with Crippen LogP contribution in [0.15, 0.2) is 54.6 Å². The first-order valence-corrected chi connectivity index (χ1v) is 9.01. The molecule has 3 rings (SSSR count). The van der Waals surface area contributed by atoms with Gasteiger partial charge in [0.25, 0.3) is 0 Å². The highest BCUT2D eigenvalue weighted by Gasteiger charge is 2.21. The van der Waals surface area contributed by atoms with Gasteiger partial charge in [-0.25, -0.2) is 4.39 Å². The molecule has 0 saturated carbocycles. The third-order valence-electron chi connectivity index (χ3n) is 4.75. The first-order chi connectivity index (χ1) is 13.3. The second-order valence-electron chi connectivity index (χ2n) is 7.45. The van der Waals surface area contributed by atoms with Crippen molar-refractivity contribution >= 4 is 11.7 Å². The molecule has 28 heavy (non-hydrogen) atoms. The molecule has 144 valence electrons. The van der Waals surface area contributed by atoms with Crippen LogP contribution in [0.5, 0.6) is 0 Å². The topological polar surface area (TPSA) is 80.9 Å². The molecule has 2 aromatic carbocycles. The van der Waals surface area contributed by atoms with Crippen molar-refractivity contribution in [2.75, 3.05) is 11.9 Å². The quantitative estimate of drug-likeness (QED) is 0.677. The smallest absolute Gasteiger partial charge is 0.248 e. The standard InChI is InChI=1S/C22H23FN4O/c1-14-11-19(15-5-4-6-16(12-15)20(24)28)26-27-21(14)25-13-22(2,3)17-7-9-18(23)10-8-17/h4-12H,13H2,1-3H3,(H2,24,28)(H,25,27). The van der Waals surface area contributed by atoms with Gasteiger partial charge in [-0.3, -0.25) is 4.79 Å². The van der Waals surface area contributed by atoms with Crippen LogP contribution < -0.4 is 11.1 Å². The Balaban J connectivity index is 1.76. The van der Waals surface area contributed by atoms with E-state index in [-0.39, 0.29) is 11.2 Å². The van der Waals surface area contributed by atoms with Crippen LogP contribution in [0.1, 0.15) is 35.3 Å². The van der Waals surface area contributed by atoms with Crippen LogP contribution in [0.25, 0.3) is 11.3 Å². The van der Waals surface area contributed by atoms with Gasteiger partial charge in [-0.05, 0) is 48.4 Å². The van der Waals surface area contributed by atoms with Gasteiger partial charge in [-0.2, -0.15) is 0 Å². The third-order valence-corrected chi connectivity index (χ3v) is 4.75. The van der Waals surface area contributed by atoms with Crippen molar-refractivity contribution in [3.63, 3.8) is 0 Å². The first-order valence-electron chi connectivity index (χ1n) is 9.01. The number of anilines is 1. The summed E-state index contributed by atoms with van der Waals surface area (Å²) in [6.07, 6.45) is 0. The normalized spacial score (nSPS) is 11.3. The number of carbonyl (C=O) groups is 1. The number of nitrogens with two attached hydrogens (primary N) is 1. The predicted octanol–water partition coefficient (Wildman–Crippen LogP) is 4.08. The summed E-state index contributed by atoms with van der Waals surface area (Å²) in [7, 11) is 0. The summed E-state index contributed by atoms with van der Waals surface area (Å²) >= 11 is 0. The molecule has 6 heteroatoms. The Bertz CT molecular complexity index is 1000. The Hall–Kier alpha value is -3.28.